The number of carbonyl (C=O) groups excluding carboxylic acids is 3. The second kappa shape index (κ2) is 24.7. The van der Waals surface area contributed by atoms with E-state index in [0.717, 1.165) is 51.4 Å². The molecule has 3 atom stereocenters. The summed E-state index contributed by atoms with van der Waals surface area (Å²) < 4.78 is 57.8. The molecule has 0 spiro atoms. The molecule has 2 heterocycles. The van der Waals surface area contributed by atoms with Crippen molar-refractivity contribution in [3.8, 4) is 11.5 Å². The van der Waals surface area contributed by atoms with Crippen molar-refractivity contribution in [1.82, 2.24) is 5.09 Å². The lowest BCUT2D eigenvalue weighted by molar-refractivity contribution is -0.144. The maximum Gasteiger partial charge on any atom is 0.401 e. The highest BCUT2D eigenvalue weighted by molar-refractivity contribution is 7.57. The fraction of sp³-hybridized carbons (Fsp3) is 0.562. The van der Waals surface area contributed by atoms with E-state index in [1.54, 1.807) is 55.4 Å². The van der Waals surface area contributed by atoms with Gasteiger partial charge in [0.2, 0.25) is 0 Å². The van der Waals surface area contributed by atoms with Crippen LogP contribution in [0.1, 0.15) is 134 Å². The molecular formula is C48H73N3O13P2Si. The van der Waals surface area contributed by atoms with Crippen LogP contribution < -0.4 is 9.82 Å². The molecule has 16 nitrogen and oxygen atoms in total. The SMILES string of the molecule is CCOC(=O)[C@H](C)NP(=O)(C/C(C)=C/Cc1c(O)c2c(c(C)c1CC)COC2=O)ON=C(C)C.CCc1c(C)c2c(c(OCC[Si](C)(C)C)c1C/C=C(\C)CP(=O)(O)ON=C(C)C)C(=O)OC2. The molecule has 0 saturated carbocycles. The van der Waals surface area contributed by atoms with Gasteiger partial charge in [0.15, 0.2) is 0 Å². The first-order chi connectivity index (χ1) is 31.2. The Morgan fingerprint density at radius 1 is 0.791 bits per heavy atom. The van der Waals surface area contributed by atoms with Crippen molar-refractivity contribution in [2.75, 3.05) is 25.5 Å². The van der Waals surface area contributed by atoms with E-state index in [1.807, 2.05) is 32.9 Å². The smallest absolute Gasteiger partial charge is 0.401 e. The molecule has 0 saturated heterocycles. The number of ether oxygens (including phenoxy) is 4. The van der Waals surface area contributed by atoms with Crippen LogP contribution in [-0.2, 0) is 76.3 Å². The van der Waals surface area contributed by atoms with Gasteiger partial charge in [-0.2, -0.15) is 0 Å². The molecule has 2 aliphatic rings. The van der Waals surface area contributed by atoms with Crippen LogP contribution in [0, 0.1) is 13.8 Å². The molecule has 19 heteroatoms. The highest BCUT2D eigenvalue weighted by Gasteiger charge is 2.34. The fourth-order valence-corrected chi connectivity index (χ4v) is 11.4. The van der Waals surface area contributed by atoms with E-state index < -0.39 is 41.2 Å². The normalized spacial score (nSPS) is 15.6. The molecule has 2 aromatic carbocycles. The van der Waals surface area contributed by atoms with Crippen LogP contribution in [0.2, 0.25) is 25.7 Å². The van der Waals surface area contributed by atoms with Crippen LogP contribution >= 0.6 is 15.1 Å². The number of phenolic OH excluding ortho intramolecular Hbond substituents is 1. The van der Waals surface area contributed by atoms with Gasteiger partial charge in [0.1, 0.15) is 41.9 Å². The van der Waals surface area contributed by atoms with Gasteiger partial charge >= 0.3 is 33.0 Å². The number of nitrogens with one attached hydrogen (secondary N) is 1. The second-order valence-corrected chi connectivity index (χ2v) is 28.0. The van der Waals surface area contributed by atoms with Gasteiger partial charge in [-0.15, -0.1) is 0 Å². The Hall–Kier alpha value is -4.53. The summed E-state index contributed by atoms with van der Waals surface area (Å²) in [7, 11) is -8.79. The number of fused-ring (bicyclic) bond motifs is 2. The topological polar surface area (TPSA) is 218 Å². The van der Waals surface area contributed by atoms with Gasteiger partial charge in [0, 0.05) is 30.3 Å². The van der Waals surface area contributed by atoms with Crippen LogP contribution in [0.25, 0.3) is 0 Å². The van der Waals surface area contributed by atoms with E-state index in [4.69, 9.17) is 28.2 Å². The number of phenols is 1. The van der Waals surface area contributed by atoms with Crippen molar-refractivity contribution in [3.05, 3.63) is 78.9 Å². The molecule has 0 aliphatic carbocycles. The van der Waals surface area contributed by atoms with Crippen molar-refractivity contribution in [2.45, 2.75) is 154 Å². The van der Waals surface area contributed by atoms with E-state index in [9.17, 15) is 33.5 Å². The summed E-state index contributed by atoms with van der Waals surface area (Å²) in [4.78, 5) is 46.9. The Balaban J connectivity index is 0.000000355. The molecule has 2 aliphatic heterocycles. The summed E-state index contributed by atoms with van der Waals surface area (Å²) in [5.41, 5.74) is 10.6. The van der Waals surface area contributed by atoms with Gasteiger partial charge in [-0.25, -0.2) is 19.2 Å². The zero-order valence-corrected chi connectivity index (χ0v) is 45.0. The standard InChI is InChI=1S/C24H35N2O7P.C24H38NO6PSi/c1-8-18-16(6)20-12-32-24(29)21(20)22(27)19(18)11-10-15(5)13-34(30,33-25-14(3)4)26-17(7)23(28)31-9-2;1-9-19-18(5)21-14-30-24(26)22(21)23(29-12-13-33(6,7)8)20(19)11-10-17(4)15-32(27,28)31-25-16(2)3/h10,17,27H,8-9,11-13H2,1-7H3,(H,26,30);10H,9,11-15H2,1-8H3,(H,27,28)/b15-10+;17-10+/t17-,34?;/m0./s1. The molecule has 0 fully saturated rings. The molecule has 372 valence electrons. The van der Waals surface area contributed by atoms with Crippen LogP contribution in [0.5, 0.6) is 11.5 Å². The van der Waals surface area contributed by atoms with Crippen molar-refractivity contribution in [3.63, 3.8) is 0 Å². The van der Waals surface area contributed by atoms with Gasteiger partial charge < -0.3 is 38.2 Å². The minimum atomic E-state index is -3.88. The second-order valence-electron chi connectivity index (χ2n) is 18.5. The van der Waals surface area contributed by atoms with Crippen molar-refractivity contribution < 1.29 is 61.7 Å². The highest BCUT2D eigenvalue weighted by Crippen LogP contribution is 2.47. The van der Waals surface area contributed by atoms with E-state index in [-0.39, 0.29) is 49.4 Å². The van der Waals surface area contributed by atoms with Gasteiger partial charge in [0.05, 0.1) is 37.0 Å². The monoisotopic (exact) mass is 989 g/mol. The van der Waals surface area contributed by atoms with Gasteiger partial charge in [-0.05, 0) is 123 Å². The van der Waals surface area contributed by atoms with Crippen molar-refractivity contribution >= 4 is 52.5 Å². The summed E-state index contributed by atoms with van der Waals surface area (Å²) >= 11 is 0. The molecular weight excluding hydrogens is 917 g/mol. The number of hydrogen-bond acceptors (Lipinski definition) is 14. The number of allylic oxidation sites excluding steroid dienone is 4. The maximum absolute atomic E-state index is 13.5. The zero-order chi connectivity index (χ0) is 50.6. The lowest BCUT2D eigenvalue weighted by atomic mass is 9.89. The van der Waals surface area contributed by atoms with Gasteiger partial charge in [-0.1, -0.05) is 67.1 Å². The Morgan fingerprint density at radius 2 is 1.28 bits per heavy atom. The molecule has 4 rings (SSSR count). The lowest BCUT2D eigenvalue weighted by Gasteiger charge is -2.22. The van der Waals surface area contributed by atoms with Crippen LogP contribution in [0.3, 0.4) is 0 Å². The molecule has 0 aromatic heterocycles. The number of nitrogens with zero attached hydrogens (tertiary/aromatic N) is 2. The molecule has 0 bridgehead atoms. The number of aromatic hydroxyl groups is 1. The highest BCUT2D eigenvalue weighted by atomic mass is 31.2. The minimum Gasteiger partial charge on any atom is -0.507 e. The number of rotatable bonds is 22. The van der Waals surface area contributed by atoms with Crippen molar-refractivity contribution in [2.24, 2.45) is 10.3 Å². The first kappa shape index (κ1) is 56.8. The van der Waals surface area contributed by atoms with E-state index >= 15 is 0 Å². The van der Waals surface area contributed by atoms with Crippen LogP contribution in [0.15, 0.2) is 33.6 Å². The third kappa shape index (κ3) is 16.0. The zero-order valence-electron chi connectivity index (χ0n) is 42.2. The summed E-state index contributed by atoms with van der Waals surface area (Å²) in [6.45, 7) is 29.7. The average Bonchev–Trinajstić information content (AvgIpc) is 3.82. The van der Waals surface area contributed by atoms with Crippen molar-refractivity contribution in [1.29, 1.82) is 0 Å². The van der Waals surface area contributed by atoms with E-state index in [1.165, 1.54) is 0 Å². The number of carbonyl (C=O) groups is 3. The quantitative estimate of drug-likeness (QED) is 0.0190. The Labute approximate surface area is 398 Å². The Morgan fingerprint density at radius 3 is 1.81 bits per heavy atom. The van der Waals surface area contributed by atoms with E-state index in [2.05, 4.69) is 42.0 Å². The summed E-state index contributed by atoms with van der Waals surface area (Å²) in [6.07, 6.45) is 5.86. The van der Waals surface area contributed by atoms with E-state index in [0.29, 0.717) is 65.3 Å². The predicted octanol–water partition coefficient (Wildman–Crippen LogP) is 10.6. The number of oxime groups is 2. The molecule has 0 radical (unpaired) electrons. The maximum atomic E-state index is 13.5. The largest absolute Gasteiger partial charge is 0.507 e. The third-order valence-corrected chi connectivity index (χ3v) is 16.0. The number of esters is 3. The molecule has 2 aromatic rings. The first-order valence-corrected chi connectivity index (χ1v) is 30.0. The Kier molecular flexibility index (Phi) is 20.9. The van der Waals surface area contributed by atoms with Crippen LogP contribution in [0.4, 0.5) is 0 Å². The minimum absolute atomic E-state index is 0.0122. The molecule has 2 unspecified atom stereocenters. The predicted molar refractivity (Wildman–Crippen MR) is 266 cm³/mol. The molecule has 3 N–H and O–H groups in total. The summed E-state index contributed by atoms with van der Waals surface area (Å²) in [5.74, 6) is -0.872. The Bertz CT molecular complexity index is 2390. The van der Waals surface area contributed by atoms with Gasteiger partial charge in [-0.3, -0.25) is 9.36 Å². The third-order valence-electron chi connectivity index (χ3n) is 11.0. The lowest BCUT2D eigenvalue weighted by Crippen LogP contribution is -2.34. The first-order valence-electron chi connectivity index (χ1n) is 22.8. The number of benzene rings is 2. The summed E-state index contributed by atoms with van der Waals surface area (Å²) in [5, 5.41) is 21.1. The van der Waals surface area contributed by atoms with Crippen LogP contribution in [-0.4, -0.2) is 79.0 Å². The molecule has 67 heavy (non-hydrogen) atoms. The number of hydrogen-bond donors (Lipinski definition) is 3. The molecule has 0 amide bonds. The fourth-order valence-electron chi connectivity index (χ4n) is 7.64. The summed E-state index contributed by atoms with van der Waals surface area (Å²) in [6, 6.07) is 0.120. The average molecular weight is 990 g/mol. The van der Waals surface area contributed by atoms with Gasteiger partial charge in [0.25, 0.3) is 0 Å². The number of cyclic esters (lactones) is 2.